The average Bonchev–Trinajstić information content (AvgIpc) is 2.98. The van der Waals surface area contributed by atoms with Crippen molar-refractivity contribution in [3.63, 3.8) is 0 Å². The third-order valence-electron chi connectivity index (χ3n) is 4.50. The Balaban J connectivity index is 1.46. The Morgan fingerprint density at radius 3 is 3.00 bits per heavy atom. The summed E-state index contributed by atoms with van der Waals surface area (Å²) in [7, 11) is 0. The van der Waals surface area contributed by atoms with Crippen LogP contribution in [-0.4, -0.2) is 22.1 Å². The summed E-state index contributed by atoms with van der Waals surface area (Å²) in [6.07, 6.45) is 7.14. The van der Waals surface area contributed by atoms with Crippen molar-refractivity contribution in [2.24, 2.45) is 5.41 Å². The highest BCUT2D eigenvalue weighted by molar-refractivity contribution is 5.74. The molecule has 1 atom stereocenters. The fraction of sp³-hybridized carbons (Fsp3) is 0.588. The molecule has 0 bridgehead atoms. The normalized spacial score (nSPS) is 21.6. The van der Waals surface area contributed by atoms with Gasteiger partial charge in [0.2, 0.25) is 0 Å². The van der Waals surface area contributed by atoms with Crippen LogP contribution in [0.1, 0.15) is 39.5 Å². The molecule has 0 amide bonds. The maximum atomic E-state index is 4.44. The van der Waals surface area contributed by atoms with E-state index in [2.05, 4.69) is 46.9 Å². The highest BCUT2D eigenvalue weighted by Crippen LogP contribution is 2.36. The van der Waals surface area contributed by atoms with Gasteiger partial charge in [0.1, 0.15) is 0 Å². The van der Waals surface area contributed by atoms with Crippen LogP contribution < -0.4 is 5.32 Å². The van der Waals surface area contributed by atoms with E-state index in [1.165, 1.54) is 24.8 Å². The largest absolute Gasteiger partial charge is 0.331 e. The van der Waals surface area contributed by atoms with Crippen LogP contribution in [0.4, 0.5) is 0 Å². The number of nitrogens with one attached hydrogen (secondary N) is 1. The van der Waals surface area contributed by atoms with Crippen molar-refractivity contribution >= 4 is 11.0 Å². The van der Waals surface area contributed by atoms with Crippen molar-refractivity contribution in [2.45, 2.75) is 52.1 Å². The molecule has 1 aliphatic rings. The Hall–Kier alpha value is -1.35. The molecule has 0 spiro atoms. The molecule has 1 aliphatic carbocycles. The second-order valence-corrected chi connectivity index (χ2v) is 6.84. The number of aromatic nitrogens is 2. The first kappa shape index (κ1) is 13.6. The predicted octanol–water partition coefficient (Wildman–Crippen LogP) is 3.59. The lowest BCUT2D eigenvalue weighted by Gasteiger charge is -2.18. The summed E-state index contributed by atoms with van der Waals surface area (Å²) >= 11 is 0. The minimum atomic E-state index is 0.540. The zero-order valence-electron chi connectivity index (χ0n) is 12.6. The van der Waals surface area contributed by atoms with Crippen molar-refractivity contribution in [3.8, 4) is 0 Å². The Morgan fingerprint density at radius 1 is 1.35 bits per heavy atom. The molecule has 3 rings (SSSR count). The standard InChI is InChI=1S/C17H25N3/c1-17(2)9-8-14(12-17)18-10-5-11-20-13-19-15-6-3-4-7-16(15)20/h3-4,6-7,13-14,18H,5,8-12H2,1-2H3. The third-order valence-corrected chi connectivity index (χ3v) is 4.50. The van der Waals surface area contributed by atoms with Gasteiger partial charge in [-0.3, -0.25) is 0 Å². The van der Waals surface area contributed by atoms with Crippen LogP contribution in [0.15, 0.2) is 30.6 Å². The topological polar surface area (TPSA) is 29.9 Å². The monoisotopic (exact) mass is 271 g/mol. The summed E-state index contributed by atoms with van der Waals surface area (Å²) < 4.78 is 2.26. The smallest absolute Gasteiger partial charge is 0.0958 e. The number of hydrogen-bond donors (Lipinski definition) is 1. The van der Waals surface area contributed by atoms with E-state index in [0.717, 1.165) is 31.1 Å². The van der Waals surface area contributed by atoms with Gasteiger partial charge >= 0.3 is 0 Å². The molecule has 2 aromatic rings. The van der Waals surface area contributed by atoms with Gasteiger partial charge in [-0.1, -0.05) is 26.0 Å². The molecular formula is C17H25N3. The summed E-state index contributed by atoms with van der Waals surface area (Å²) in [6, 6.07) is 9.08. The van der Waals surface area contributed by atoms with Crippen molar-refractivity contribution in [1.29, 1.82) is 0 Å². The Kier molecular flexibility index (Phi) is 3.79. The van der Waals surface area contributed by atoms with Crippen LogP contribution in [0, 0.1) is 5.41 Å². The first-order valence-corrected chi connectivity index (χ1v) is 7.77. The molecular weight excluding hydrogens is 246 g/mol. The van der Waals surface area contributed by atoms with E-state index in [4.69, 9.17) is 0 Å². The molecule has 3 heteroatoms. The maximum Gasteiger partial charge on any atom is 0.0958 e. The lowest BCUT2D eigenvalue weighted by atomic mass is 9.92. The van der Waals surface area contributed by atoms with Gasteiger partial charge in [-0.15, -0.1) is 0 Å². The number of para-hydroxylation sites is 2. The molecule has 3 nitrogen and oxygen atoms in total. The van der Waals surface area contributed by atoms with Crippen LogP contribution in [0.25, 0.3) is 11.0 Å². The number of nitrogens with zero attached hydrogens (tertiary/aromatic N) is 2. The molecule has 1 heterocycles. The molecule has 1 unspecified atom stereocenters. The average molecular weight is 271 g/mol. The molecule has 1 fully saturated rings. The highest BCUT2D eigenvalue weighted by atomic mass is 15.0. The molecule has 0 radical (unpaired) electrons. The molecule has 1 aromatic carbocycles. The molecule has 20 heavy (non-hydrogen) atoms. The highest BCUT2D eigenvalue weighted by Gasteiger charge is 2.30. The number of benzene rings is 1. The fourth-order valence-corrected chi connectivity index (χ4v) is 3.35. The first-order valence-electron chi connectivity index (χ1n) is 7.77. The summed E-state index contributed by atoms with van der Waals surface area (Å²) in [5.74, 6) is 0. The number of imidazole rings is 1. The Labute approximate surface area is 121 Å². The van der Waals surface area contributed by atoms with E-state index in [9.17, 15) is 0 Å². The SMILES string of the molecule is CC1(C)CCC(NCCCn2cnc3ccccc32)C1. The number of fused-ring (bicyclic) bond motifs is 1. The zero-order valence-corrected chi connectivity index (χ0v) is 12.6. The van der Waals surface area contributed by atoms with Gasteiger partial charge in [0, 0.05) is 12.6 Å². The minimum absolute atomic E-state index is 0.540. The van der Waals surface area contributed by atoms with Gasteiger partial charge in [-0.2, -0.15) is 0 Å². The molecule has 108 valence electrons. The minimum Gasteiger partial charge on any atom is -0.331 e. The van der Waals surface area contributed by atoms with Crippen LogP contribution in [0.3, 0.4) is 0 Å². The van der Waals surface area contributed by atoms with Crippen molar-refractivity contribution in [1.82, 2.24) is 14.9 Å². The lowest BCUT2D eigenvalue weighted by Crippen LogP contribution is -2.28. The van der Waals surface area contributed by atoms with Gasteiger partial charge in [-0.25, -0.2) is 4.98 Å². The second-order valence-electron chi connectivity index (χ2n) is 6.84. The maximum absolute atomic E-state index is 4.44. The Morgan fingerprint density at radius 2 is 2.20 bits per heavy atom. The van der Waals surface area contributed by atoms with Crippen LogP contribution in [0.5, 0.6) is 0 Å². The van der Waals surface area contributed by atoms with Crippen molar-refractivity contribution in [3.05, 3.63) is 30.6 Å². The van der Waals surface area contributed by atoms with Gasteiger partial charge in [-0.05, 0) is 49.8 Å². The van der Waals surface area contributed by atoms with E-state index >= 15 is 0 Å². The fourth-order valence-electron chi connectivity index (χ4n) is 3.35. The van der Waals surface area contributed by atoms with Crippen molar-refractivity contribution < 1.29 is 0 Å². The van der Waals surface area contributed by atoms with Gasteiger partial charge in [0.25, 0.3) is 0 Å². The summed E-state index contributed by atoms with van der Waals surface area (Å²) in [5.41, 5.74) is 2.88. The van der Waals surface area contributed by atoms with Crippen LogP contribution >= 0.6 is 0 Å². The number of hydrogen-bond acceptors (Lipinski definition) is 2. The van der Waals surface area contributed by atoms with E-state index in [1.54, 1.807) is 0 Å². The number of aryl methyl sites for hydroxylation is 1. The molecule has 1 aromatic heterocycles. The van der Waals surface area contributed by atoms with E-state index in [0.29, 0.717) is 5.41 Å². The molecule has 1 N–H and O–H groups in total. The van der Waals surface area contributed by atoms with E-state index < -0.39 is 0 Å². The van der Waals surface area contributed by atoms with Gasteiger partial charge in [0.05, 0.1) is 17.4 Å². The quantitative estimate of drug-likeness (QED) is 0.842. The molecule has 1 saturated carbocycles. The lowest BCUT2D eigenvalue weighted by molar-refractivity contribution is 0.363. The van der Waals surface area contributed by atoms with Crippen molar-refractivity contribution in [2.75, 3.05) is 6.54 Å². The second kappa shape index (κ2) is 5.57. The first-order chi connectivity index (χ1) is 9.64. The van der Waals surface area contributed by atoms with Gasteiger partial charge < -0.3 is 9.88 Å². The molecule has 0 saturated heterocycles. The number of rotatable bonds is 5. The predicted molar refractivity (Wildman–Crippen MR) is 83.8 cm³/mol. The van der Waals surface area contributed by atoms with E-state index in [1.807, 2.05) is 12.4 Å². The summed E-state index contributed by atoms with van der Waals surface area (Å²) in [5, 5.41) is 3.71. The summed E-state index contributed by atoms with van der Waals surface area (Å²) in [6.45, 7) is 6.91. The van der Waals surface area contributed by atoms with Crippen LogP contribution in [-0.2, 0) is 6.54 Å². The van der Waals surface area contributed by atoms with Crippen LogP contribution in [0.2, 0.25) is 0 Å². The summed E-state index contributed by atoms with van der Waals surface area (Å²) in [4.78, 5) is 4.44. The van der Waals surface area contributed by atoms with E-state index in [-0.39, 0.29) is 0 Å². The molecule has 0 aliphatic heterocycles. The third kappa shape index (κ3) is 3.04. The van der Waals surface area contributed by atoms with Gasteiger partial charge in [0.15, 0.2) is 0 Å². The Bertz CT molecular complexity index is 570. The zero-order chi connectivity index (χ0) is 14.0.